The first-order valence-corrected chi connectivity index (χ1v) is 5.63. The lowest BCUT2D eigenvalue weighted by Gasteiger charge is -2.04. The normalized spacial score (nSPS) is 11.3. The molecule has 90 valence electrons. The summed E-state index contributed by atoms with van der Waals surface area (Å²) in [6.07, 6.45) is 2.22. The van der Waals surface area contributed by atoms with Crippen molar-refractivity contribution in [2.24, 2.45) is 5.92 Å². The summed E-state index contributed by atoms with van der Waals surface area (Å²) in [4.78, 5) is 10.9. The smallest absolute Gasteiger partial charge is 0.337 e. The van der Waals surface area contributed by atoms with Crippen LogP contribution in [0.15, 0.2) is 12.3 Å². The molecule has 0 saturated carbocycles. The van der Waals surface area contributed by atoms with Crippen LogP contribution in [-0.4, -0.2) is 25.7 Å². The first-order valence-electron chi connectivity index (χ1n) is 5.25. The molecule has 0 aliphatic rings. The molecule has 0 aliphatic carbocycles. The molecule has 6 heteroatoms. The van der Waals surface area contributed by atoms with Crippen LogP contribution in [0.25, 0.3) is 5.65 Å². The molecule has 0 amide bonds. The van der Waals surface area contributed by atoms with Gasteiger partial charge in [-0.25, -0.2) is 4.79 Å². The van der Waals surface area contributed by atoms with Gasteiger partial charge in [0.05, 0.1) is 10.6 Å². The summed E-state index contributed by atoms with van der Waals surface area (Å²) in [5, 5.41) is 17.3. The zero-order valence-electron chi connectivity index (χ0n) is 9.51. The third kappa shape index (κ3) is 2.24. The monoisotopic (exact) mass is 253 g/mol. The molecule has 0 saturated heterocycles. The van der Waals surface area contributed by atoms with Gasteiger partial charge in [-0.05, 0) is 12.0 Å². The quantitative estimate of drug-likeness (QED) is 0.911. The van der Waals surface area contributed by atoms with Crippen molar-refractivity contribution in [2.45, 2.75) is 20.3 Å². The van der Waals surface area contributed by atoms with E-state index in [4.69, 9.17) is 16.7 Å². The predicted octanol–water partition coefficient (Wildman–Crippen LogP) is 2.28. The van der Waals surface area contributed by atoms with Crippen molar-refractivity contribution in [2.75, 3.05) is 0 Å². The minimum absolute atomic E-state index is 0.132. The Bertz CT molecular complexity index is 577. The number of nitrogens with zero attached hydrogens (tertiary/aromatic N) is 3. The number of halogens is 1. The fourth-order valence-electron chi connectivity index (χ4n) is 1.62. The summed E-state index contributed by atoms with van der Waals surface area (Å²) < 4.78 is 1.64. The number of carboxylic acids is 1. The van der Waals surface area contributed by atoms with Gasteiger partial charge >= 0.3 is 5.97 Å². The fraction of sp³-hybridized carbons (Fsp3) is 0.364. The molecule has 0 spiro atoms. The SMILES string of the molecule is CC(C)Cc1nnc2c(Cl)cc(C(=O)O)cn12. The lowest BCUT2D eigenvalue weighted by Crippen LogP contribution is -2.04. The third-order valence-electron chi connectivity index (χ3n) is 2.37. The Labute approximate surface area is 103 Å². The molecule has 0 radical (unpaired) electrons. The van der Waals surface area contributed by atoms with Crippen LogP contribution in [0, 0.1) is 5.92 Å². The van der Waals surface area contributed by atoms with E-state index in [2.05, 4.69) is 24.0 Å². The number of hydrogen-bond acceptors (Lipinski definition) is 3. The van der Waals surface area contributed by atoms with Gasteiger partial charge in [0.1, 0.15) is 5.82 Å². The summed E-state index contributed by atoms with van der Waals surface area (Å²) in [5.74, 6) is 0.118. The van der Waals surface area contributed by atoms with Crippen molar-refractivity contribution in [3.05, 3.63) is 28.7 Å². The van der Waals surface area contributed by atoms with Crippen LogP contribution in [0.5, 0.6) is 0 Å². The van der Waals surface area contributed by atoms with E-state index in [0.29, 0.717) is 16.6 Å². The Kier molecular flexibility index (Phi) is 3.02. The van der Waals surface area contributed by atoms with E-state index < -0.39 is 5.97 Å². The molecule has 0 aromatic carbocycles. The van der Waals surface area contributed by atoms with Crippen LogP contribution < -0.4 is 0 Å². The molecule has 0 unspecified atom stereocenters. The van der Waals surface area contributed by atoms with Crippen molar-refractivity contribution in [1.29, 1.82) is 0 Å². The van der Waals surface area contributed by atoms with Crippen molar-refractivity contribution >= 4 is 23.2 Å². The molecule has 0 aliphatic heterocycles. The van der Waals surface area contributed by atoms with Gasteiger partial charge in [0.15, 0.2) is 5.65 Å². The fourth-order valence-corrected chi connectivity index (χ4v) is 1.87. The van der Waals surface area contributed by atoms with Crippen LogP contribution in [0.3, 0.4) is 0 Å². The zero-order chi connectivity index (χ0) is 12.6. The Hall–Kier alpha value is -1.62. The van der Waals surface area contributed by atoms with Gasteiger partial charge < -0.3 is 5.11 Å². The topological polar surface area (TPSA) is 67.5 Å². The highest BCUT2D eigenvalue weighted by Gasteiger charge is 2.13. The Morgan fingerprint density at radius 1 is 1.53 bits per heavy atom. The van der Waals surface area contributed by atoms with Crippen molar-refractivity contribution in [1.82, 2.24) is 14.6 Å². The first kappa shape index (κ1) is 11.9. The molecule has 2 heterocycles. The summed E-state index contributed by atoms with van der Waals surface area (Å²) in [7, 11) is 0. The van der Waals surface area contributed by atoms with Crippen LogP contribution in [0.1, 0.15) is 30.0 Å². The van der Waals surface area contributed by atoms with Gasteiger partial charge in [0.25, 0.3) is 0 Å². The Morgan fingerprint density at radius 3 is 2.82 bits per heavy atom. The number of aromatic nitrogens is 3. The summed E-state index contributed by atoms with van der Waals surface area (Å²) in [6.45, 7) is 4.12. The van der Waals surface area contributed by atoms with Crippen molar-refractivity contribution in [3.63, 3.8) is 0 Å². The van der Waals surface area contributed by atoms with E-state index in [1.54, 1.807) is 4.40 Å². The van der Waals surface area contributed by atoms with Gasteiger partial charge in [-0.1, -0.05) is 25.4 Å². The van der Waals surface area contributed by atoms with Gasteiger partial charge in [-0.15, -0.1) is 10.2 Å². The first-order chi connectivity index (χ1) is 7.99. The van der Waals surface area contributed by atoms with E-state index in [1.807, 2.05) is 0 Å². The number of aromatic carboxylic acids is 1. The maximum absolute atomic E-state index is 10.9. The Morgan fingerprint density at radius 2 is 2.24 bits per heavy atom. The van der Waals surface area contributed by atoms with Crippen LogP contribution in [0.2, 0.25) is 5.02 Å². The highest BCUT2D eigenvalue weighted by Crippen LogP contribution is 2.19. The molecule has 0 atom stereocenters. The molecular formula is C11H12ClN3O2. The third-order valence-corrected chi connectivity index (χ3v) is 2.65. The second kappa shape index (κ2) is 4.33. The number of rotatable bonds is 3. The zero-order valence-corrected chi connectivity index (χ0v) is 10.3. The van der Waals surface area contributed by atoms with E-state index in [-0.39, 0.29) is 5.56 Å². The summed E-state index contributed by atoms with van der Waals surface area (Å²) >= 11 is 5.97. The maximum atomic E-state index is 10.9. The summed E-state index contributed by atoms with van der Waals surface area (Å²) in [5.41, 5.74) is 0.625. The van der Waals surface area contributed by atoms with Gasteiger partial charge in [0, 0.05) is 12.6 Å². The van der Waals surface area contributed by atoms with E-state index in [0.717, 1.165) is 12.2 Å². The minimum atomic E-state index is -1.02. The molecule has 2 rings (SSSR count). The average molecular weight is 254 g/mol. The Balaban J connectivity index is 2.61. The lowest BCUT2D eigenvalue weighted by molar-refractivity contribution is 0.0696. The molecular weight excluding hydrogens is 242 g/mol. The minimum Gasteiger partial charge on any atom is -0.478 e. The van der Waals surface area contributed by atoms with Gasteiger partial charge in [-0.3, -0.25) is 4.40 Å². The van der Waals surface area contributed by atoms with Crippen molar-refractivity contribution < 1.29 is 9.90 Å². The molecule has 17 heavy (non-hydrogen) atoms. The highest BCUT2D eigenvalue weighted by atomic mass is 35.5. The van der Waals surface area contributed by atoms with Gasteiger partial charge in [0.2, 0.25) is 0 Å². The van der Waals surface area contributed by atoms with Crippen LogP contribution in [0.4, 0.5) is 0 Å². The summed E-state index contributed by atoms with van der Waals surface area (Å²) in [6, 6.07) is 1.38. The van der Waals surface area contributed by atoms with E-state index >= 15 is 0 Å². The molecule has 1 N–H and O–H groups in total. The molecule has 0 bridgehead atoms. The second-order valence-electron chi connectivity index (χ2n) is 4.29. The number of fused-ring (bicyclic) bond motifs is 1. The standard InChI is InChI=1S/C11H12ClN3O2/c1-6(2)3-9-13-14-10-8(12)4-7(11(16)17)5-15(9)10/h4-6H,3H2,1-2H3,(H,16,17). The van der Waals surface area contributed by atoms with Crippen LogP contribution in [-0.2, 0) is 6.42 Å². The van der Waals surface area contributed by atoms with E-state index in [9.17, 15) is 4.79 Å². The maximum Gasteiger partial charge on any atom is 0.337 e. The molecule has 5 nitrogen and oxygen atoms in total. The molecule has 2 aromatic rings. The predicted molar refractivity (Wildman–Crippen MR) is 63.5 cm³/mol. The number of carboxylic acid groups (broad SMARTS) is 1. The van der Waals surface area contributed by atoms with Crippen LogP contribution >= 0.6 is 11.6 Å². The van der Waals surface area contributed by atoms with Crippen molar-refractivity contribution in [3.8, 4) is 0 Å². The van der Waals surface area contributed by atoms with E-state index in [1.165, 1.54) is 12.3 Å². The largest absolute Gasteiger partial charge is 0.478 e. The molecule has 2 aromatic heterocycles. The number of pyridine rings is 1. The average Bonchev–Trinajstić information content (AvgIpc) is 2.61. The highest BCUT2D eigenvalue weighted by molar-refractivity contribution is 6.33. The van der Waals surface area contributed by atoms with Gasteiger partial charge in [-0.2, -0.15) is 0 Å². The second-order valence-corrected chi connectivity index (χ2v) is 4.70. The number of hydrogen-bond donors (Lipinski definition) is 1. The molecule has 0 fully saturated rings. The number of carbonyl (C=O) groups is 1. The lowest BCUT2D eigenvalue weighted by atomic mass is 10.1.